The summed E-state index contributed by atoms with van der Waals surface area (Å²) in [6.45, 7) is 0. The molecular formula is C22H40O2. The predicted octanol–water partition coefficient (Wildman–Crippen LogP) is 6.97. The molecule has 2 aliphatic carbocycles. The number of carboxylic acids is 1. The van der Waals surface area contributed by atoms with Gasteiger partial charge in [0.05, 0.1) is 0 Å². The van der Waals surface area contributed by atoms with E-state index < -0.39 is 5.97 Å². The normalized spacial score (nSPS) is 25.7. The maximum absolute atomic E-state index is 10.5. The van der Waals surface area contributed by atoms with Crippen LogP contribution in [0.1, 0.15) is 116 Å². The van der Waals surface area contributed by atoms with E-state index in [1.807, 2.05) is 0 Å². The zero-order valence-corrected chi connectivity index (χ0v) is 15.8. The summed E-state index contributed by atoms with van der Waals surface area (Å²) in [5.41, 5.74) is 0. The number of unbranched alkanes of at least 4 members (excludes halogenated alkanes) is 3. The molecule has 0 aromatic carbocycles. The molecule has 140 valence electrons. The second-order valence-corrected chi connectivity index (χ2v) is 8.59. The number of carboxylic acid groups (broad SMARTS) is 1. The molecule has 2 fully saturated rings. The minimum atomic E-state index is -0.639. The summed E-state index contributed by atoms with van der Waals surface area (Å²) in [6.07, 6.45) is 24.1. The van der Waals surface area contributed by atoms with Gasteiger partial charge in [-0.3, -0.25) is 4.79 Å². The quantitative estimate of drug-likeness (QED) is 0.327. The lowest BCUT2D eigenvalue weighted by molar-refractivity contribution is -0.137. The highest BCUT2D eigenvalue weighted by molar-refractivity contribution is 5.66. The van der Waals surface area contributed by atoms with Gasteiger partial charge in [-0.15, -0.1) is 0 Å². The first kappa shape index (κ1) is 19.8. The van der Waals surface area contributed by atoms with Crippen LogP contribution in [-0.2, 0) is 4.79 Å². The molecule has 0 aliphatic heterocycles. The van der Waals surface area contributed by atoms with Gasteiger partial charge in [-0.1, -0.05) is 103 Å². The van der Waals surface area contributed by atoms with Crippen molar-refractivity contribution in [3.8, 4) is 0 Å². The third kappa shape index (κ3) is 8.03. The van der Waals surface area contributed by atoms with Gasteiger partial charge in [0, 0.05) is 6.42 Å². The summed E-state index contributed by atoms with van der Waals surface area (Å²) >= 11 is 0. The summed E-state index contributed by atoms with van der Waals surface area (Å²) in [5, 5.41) is 8.67. The van der Waals surface area contributed by atoms with Crippen LogP contribution in [0.5, 0.6) is 0 Å². The van der Waals surface area contributed by atoms with Gasteiger partial charge in [0.2, 0.25) is 0 Å². The summed E-state index contributed by atoms with van der Waals surface area (Å²) in [6, 6.07) is 0. The molecule has 0 unspecified atom stereocenters. The van der Waals surface area contributed by atoms with Gasteiger partial charge < -0.3 is 5.11 Å². The Balaban J connectivity index is 1.52. The van der Waals surface area contributed by atoms with E-state index in [9.17, 15) is 4.79 Å². The molecule has 0 amide bonds. The van der Waals surface area contributed by atoms with Crippen LogP contribution in [0.4, 0.5) is 0 Å². The van der Waals surface area contributed by atoms with Gasteiger partial charge in [-0.25, -0.2) is 0 Å². The molecule has 0 heterocycles. The Hall–Kier alpha value is -0.530. The fourth-order valence-corrected chi connectivity index (χ4v) is 5.23. The van der Waals surface area contributed by atoms with E-state index in [0.29, 0.717) is 6.42 Å². The first-order chi connectivity index (χ1) is 11.8. The Labute approximate surface area is 149 Å². The van der Waals surface area contributed by atoms with Crippen molar-refractivity contribution in [1.29, 1.82) is 0 Å². The van der Waals surface area contributed by atoms with Crippen LogP contribution in [0.2, 0.25) is 0 Å². The minimum Gasteiger partial charge on any atom is -0.481 e. The van der Waals surface area contributed by atoms with Crippen LogP contribution in [0.3, 0.4) is 0 Å². The van der Waals surface area contributed by atoms with E-state index >= 15 is 0 Å². The second-order valence-electron chi connectivity index (χ2n) is 8.59. The Morgan fingerprint density at radius 3 is 1.96 bits per heavy atom. The van der Waals surface area contributed by atoms with E-state index in [1.54, 1.807) is 0 Å². The Bertz CT molecular complexity index is 331. The molecule has 0 bridgehead atoms. The molecule has 0 aromatic rings. The molecule has 1 N–H and O–H groups in total. The van der Waals surface area contributed by atoms with Crippen LogP contribution in [0, 0.1) is 17.8 Å². The van der Waals surface area contributed by atoms with Gasteiger partial charge in [-0.05, 0) is 24.2 Å². The Morgan fingerprint density at radius 1 is 0.667 bits per heavy atom. The smallest absolute Gasteiger partial charge is 0.303 e. The van der Waals surface area contributed by atoms with E-state index in [0.717, 1.165) is 30.6 Å². The van der Waals surface area contributed by atoms with E-state index in [-0.39, 0.29) is 0 Å². The minimum absolute atomic E-state index is 0.354. The highest BCUT2D eigenvalue weighted by atomic mass is 16.4. The van der Waals surface area contributed by atoms with Crippen LogP contribution in [0.15, 0.2) is 0 Å². The van der Waals surface area contributed by atoms with Gasteiger partial charge in [0.15, 0.2) is 0 Å². The van der Waals surface area contributed by atoms with Crippen LogP contribution < -0.4 is 0 Å². The van der Waals surface area contributed by atoms with Gasteiger partial charge in [0.25, 0.3) is 0 Å². The largest absolute Gasteiger partial charge is 0.481 e. The summed E-state index contributed by atoms with van der Waals surface area (Å²) < 4.78 is 0. The zero-order valence-electron chi connectivity index (χ0n) is 15.8. The maximum Gasteiger partial charge on any atom is 0.303 e. The van der Waals surface area contributed by atoms with Gasteiger partial charge in [-0.2, -0.15) is 0 Å². The molecule has 2 heteroatoms. The molecule has 2 saturated carbocycles. The SMILES string of the molecule is O=C(O)CCCCCC[C@H]1CCC[C@@H]1CCCC1CCCCCC1. The highest BCUT2D eigenvalue weighted by Gasteiger charge is 2.26. The van der Waals surface area contributed by atoms with Crippen molar-refractivity contribution in [2.24, 2.45) is 17.8 Å². The molecule has 0 radical (unpaired) electrons. The fraction of sp³-hybridized carbons (Fsp3) is 0.955. The first-order valence-electron chi connectivity index (χ1n) is 11.0. The van der Waals surface area contributed by atoms with Crippen LogP contribution >= 0.6 is 0 Å². The predicted molar refractivity (Wildman–Crippen MR) is 101 cm³/mol. The second kappa shape index (κ2) is 11.9. The van der Waals surface area contributed by atoms with Crippen LogP contribution in [-0.4, -0.2) is 11.1 Å². The molecule has 2 aliphatic rings. The maximum atomic E-state index is 10.5. The molecule has 2 atom stereocenters. The average Bonchev–Trinajstić information content (AvgIpc) is 2.83. The summed E-state index contributed by atoms with van der Waals surface area (Å²) in [4.78, 5) is 10.5. The topological polar surface area (TPSA) is 37.3 Å². The van der Waals surface area contributed by atoms with E-state index in [4.69, 9.17) is 5.11 Å². The molecular weight excluding hydrogens is 296 g/mol. The Kier molecular flexibility index (Phi) is 9.83. The lowest BCUT2D eigenvalue weighted by Gasteiger charge is -2.21. The van der Waals surface area contributed by atoms with Gasteiger partial charge >= 0.3 is 5.97 Å². The third-order valence-corrected chi connectivity index (χ3v) is 6.69. The lowest BCUT2D eigenvalue weighted by Crippen LogP contribution is -2.09. The molecule has 2 rings (SSSR count). The lowest BCUT2D eigenvalue weighted by atomic mass is 9.85. The molecule has 24 heavy (non-hydrogen) atoms. The van der Waals surface area contributed by atoms with Crippen LogP contribution in [0.25, 0.3) is 0 Å². The van der Waals surface area contributed by atoms with Crippen molar-refractivity contribution >= 4 is 5.97 Å². The van der Waals surface area contributed by atoms with E-state index in [1.165, 1.54) is 96.3 Å². The Morgan fingerprint density at radius 2 is 1.29 bits per heavy atom. The summed E-state index contributed by atoms with van der Waals surface area (Å²) in [5.74, 6) is 2.40. The monoisotopic (exact) mass is 336 g/mol. The number of hydrogen-bond donors (Lipinski definition) is 1. The van der Waals surface area contributed by atoms with Gasteiger partial charge in [0.1, 0.15) is 0 Å². The van der Waals surface area contributed by atoms with Crippen molar-refractivity contribution in [3.05, 3.63) is 0 Å². The average molecular weight is 337 g/mol. The van der Waals surface area contributed by atoms with Crippen molar-refractivity contribution in [3.63, 3.8) is 0 Å². The standard InChI is InChI=1S/C22H40O2/c23-22(24)18-8-4-3-7-14-20-16-10-17-21(20)15-9-13-19-11-5-1-2-6-12-19/h19-21H,1-18H2,(H,23,24)/t20-,21-/m0/s1. The molecule has 2 nitrogen and oxygen atoms in total. The third-order valence-electron chi connectivity index (χ3n) is 6.69. The van der Waals surface area contributed by atoms with Crippen molar-refractivity contribution in [2.45, 2.75) is 116 Å². The number of rotatable bonds is 11. The molecule has 0 aromatic heterocycles. The first-order valence-corrected chi connectivity index (χ1v) is 11.0. The van der Waals surface area contributed by atoms with Crippen molar-refractivity contribution < 1.29 is 9.90 Å². The zero-order chi connectivity index (χ0) is 17.0. The molecule has 0 spiro atoms. The summed E-state index contributed by atoms with van der Waals surface area (Å²) in [7, 11) is 0. The fourth-order valence-electron chi connectivity index (χ4n) is 5.23. The number of carbonyl (C=O) groups is 1. The highest BCUT2D eigenvalue weighted by Crippen LogP contribution is 2.39. The van der Waals surface area contributed by atoms with Crippen molar-refractivity contribution in [2.75, 3.05) is 0 Å². The van der Waals surface area contributed by atoms with Crippen molar-refractivity contribution in [1.82, 2.24) is 0 Å². The number of aliphatic carboxylic acids is 1. The number of hydrogen-bond acceptors (Lipinski definition) is 1. The van der Waals surface area contributed by atoms with E-state index in [2.05, 4.69) is 0 Å². The molecule has 0 saturated heterocycles.